The topological polar surface area (TPSA) is 0 Å². The van der Waals surface area contributed by atoms with Crippen LogP contribution in [-0.2, 0) is 11.3 Å². The Bertz CT molecular complexity index is 491. The van der Waals surface area contributed by atoms with E-state index in [2.05, 4.69) is 47.1 Å². The summed E-state index contributed by atoms with van der Waals surface area (Å²) in [6, 6.07) is 18.5. The first-order valence-corrected chi connectivity index (χ1v) is 6.74. The van der Waals surface area contributed by atoms with Gasteiger partial charge in [-0.1, -0.05) is 58.4 Å². The summed E-state index contributed by atoms with van der Waals surface area (Å²) in [5, 5.41) is 0. The van der Waals surface area contributed by atoms with E-state index in [4.69, 9.17) is 11.6 Å². The van der Waals surface area contributed by atoms with E-state index in [1.165, 1.54) is 5.56 Å². The van der Waals surface area contributed by atoms with Crippen LogP contribution in [0.15, 0.2) is 59.1 Å². The lowest BCUT2D eigenvalue weighted by Crippen LogP contribution is -2.17. The fourth-order valence-corrected chi connectivity index (χ4v) is 2.57. The Morgan fingerprint density at radius 1 is 1.06 bits per heavy atom. The molecule has 88 valence electrons. The highest BCUT2D eigenvalue weighted by atomic mass is 79.9. The molecule has 2 aromatic rings. The summed E-state index contributed by atoms with van der Waals surface area (Å²) >= 11 is 10.1. The Labute approximate surface area is 116 Å². The minimum atomic E-state index is -0.370. The zero-order chi connectivity index (χ0) is 12.3. The maximum Gasteiger partial charge on any atom is 0.0707 e. The van der Waals surface area contributed by atoms with Crippen molar-refractivity contribution in [3.05, 3.63) is 70.2 Å². The summed E-state index contributed by atoms with van der Waals surface area (Å²) in [6.07, 6.45) is 0.825. The van der Waals surface area contributed by atoms with Gasteiger partial charge in [-0.15, -0.1) is 11.6 Å². The number of rotatable bonds is 3. The normalized spacial score (nSPS) is 14.3. The summed E-state index contributed by atoms with van der Waals surface area (Å²) in [4.78, 5) is -0.370. The smallest absolute Gasteiger partial charge is 0.0707 e. The van der Waals surface area contributed by atoms with E-state index in [1.807, 2.05) is 30.3 Å². The van der Waals surface area contributed by atoms with Gasteiger partial charge in [-0.05, 0) is 36.6 Å². The van der Waals surface area contributed by atoms with Crippen LogP contribution in [0.1, 0.15) is 18.1 Å². The van der Waals surface area contributed by atoms with E-state index >= 15 is 0 Å². The first kappa shape index (κ1) is 12.7. The second-order valence-corrected chi connectivity index (χ2v) is 6.12. The highest BCUT2D eigenvalue weighted by Gasteiger charge is 2.23. The van der Waals surface area contributed by atoms with E-state index < -0.39 is 0 Å². The van der Waals surface area contributed by atoms with Gasteiger partial charge in [0.2, 0.25) is 0 Å². The van der Waals surface area contributed by atoms with E-state index in [-0.39, 0.29) is 4.87 Å². The highest BCUT2D eigenvalue weighted by Crippen LogP contribution is 2.33. The molecule has 17 heavy (non-hydrogen) atoms. The van der Waals surface area contributed by atoms with Gasteiger partial charge in [-0.3, -0.25) is 0 Å². The quantitative estimate of drug-likeness (QED) is 0.688. The summed E-state index contributed by atoms with van der Waals surface area (Å²) in [7, 11) is 0. The second-order valence-electron chi connectivity index (χ2n) is 4.37. The van der Waals surface area contributed by atoms with Crippen LogP contribution in [0.3, 0.4) is 0 Å². The molecule has 0 unspecified atom stereocenters. The average molecular weight is 310 g/mol. The monoisotopic (exact) mass is 308 g/mol. The van der Waals surface area contributed by atoms with Crippen molar-refractivity contribution < 1.29 is 0 Å². The van der Waals surface area contributed by atoms with Gasteiger partial charge >= 0.3 is 0 Å². The highest BCUT2D eigenvalue weighted by molar-refractivity contribution is 9.10. The van der Waals surface area contributed by atoms with Crippen molar-refractivity contribution in [2.45, 2.75) is 18.2 Å². The summed E-state index contributed by atoms with van der Waals surface area (Å²) < 4.78 is 1.06. The van der Waals surface area contributed by atoms with E-state index in [0.29, 0.717) is 0 Å². The molecule has 0 aliphatic carbocycles. The van der Waals surface area contributed by atoms with Gasteiger partial charge in [0.1, 0.15) is 0 Å². The number of hydrogen-bond donors (Lipinski definition) is 0. The Morgan fingerprint density at radius 3 is 2.41 bits per heavy atom. The van der Waals surface area contributed by atoms with Crippen LogP contribution in [0.5, 0.6) is 0 Å². The lowest BCUT2D eigenvalue weighted by molar-refractivity contribution is 0.672. The third-order valence-corrected chi connectivity index (χ3v) is 3.65. The number of benzene rings is 2. The maximum atomic E-state index is 6.65. The Morgan fingerprint density at radius 2 is 1.76 bits per heavy atom. The van der Waals surface area contributed by atoms with Crippen LogP contribution in [-0.4, -0.2) is 0 Å². The maximum absolute atomic E-state index is 6.65. The molecule has 2 aromatic carbocycles. The van der Waals surface area contributed by atoms with Gasteiger partial charge in [0, 0.05) is 4.47 Å². The average Bonchev–Trinajstić information content (AvgIpc) is 2.30. The van der Waals surface area contributed by atoms with Gasteiger partial charge in [0.25, 0.3) is 0 Å². The molecule has 2 rings (SSSR count). The lowest BCUT2D eigenvalue weighted by atomic mass is 9.93. The fraction of sp³-hybridized carbons (Fsp3) is 0.200. The molecule has 0 radical (unpaired) electrons. The van der Waals surface area contributed by atoms with Gasteiger partial charge in [0.05, 0.1) is 4.87 Å². The van der Waals surface area contributed by atoms with Crippen LogP contribution >= 0.6 is 27.5 Å². The number of alkyl halides is 1. The second kappa shape index (κ2) is 5.24. The van der Waals surface area contributed by atoms with Crippen molar-refractivity contribution in [1.29, 1.82) is 0 Å². The minimum absolute atomic E-state index is 0.370. The molecule has 2 heteroatoms. The summed E-state index contributed by atoms with van der Waals surface area (Å²) in [5.41, 5.74) is 2.39. The molecule has 0 N–H and O–H groups in total. The Kier molecular flexibility index (Phi) is 3.90. The van der Waals surface area contributed by atoms with Gasteiger partial charge in [-0.2, -0.15) is 0 Å². The lowest BCUT2D eigenvalue weighted by Gasteiger charge is -2.23. The molecule has 0 aromatic heterocycles. The van der Waals surface area contributed by atoms with Crippen LogP contribution in [0.4, 0.5) is 0 Å². The fourth-order valence-electron chi connectivity index (χ4n) is 1.89. The minimum Gasteiger partial charge on any atom is -0.114 e. The largest absolute Gasteiger partial charge is 0.114 e. The van der Waals surface area contributed by atoms with E-state index in [1.54, 1.807) is 0 Å². The Hall–Kier alpha value is -0.790. The third-order valence-electron chi connectivity index (χ3n) is 2.81. The molecular formula is C15H14BrCl. The summed E-state index contributed by atoms with van der Waals surface area (Å²) in [5.74, 6) is 0. The molecule has 0 saturated heterocycles. The first-order chi connectivity index (χ1) is 8.08. The van der Waals surface area contributed by atoms with Crippen molar-refractivity contribution in [2.24, 2.45) is 0 Å². The molecule has 0 saturated carbocycles. The van der Waals surface area contributed by atoms with Crippen molar-refractivity contribution in [3.8, 4) is 0 Å². The summed E-state index contributed by atoms with van der Waals surface area (Å²) in [6.45, 7) is 2.06. The van der Waals surface area contributed by atoms with E-state index in [0.717, 1.165) is 16.5 Å². The van der Waals surface area contributed by atoms with Gasteiger partial charge in [0.15, 0.2) is 0 Å². The molecule has 0 amide bonds. The number of hydrogen-bond acceptors (Lipinski definition) is 0. The van der Waals surface area contributed by atoms with Crippen molar-refractivity contribution in [1.82, 2.24) is 0 Å². The van der Waals surface area contributed by atoms with Crippen LogP contribution in [0.2, 0.25) is 0 Å². The zero-order valence-electron chi connectivity index (χ0n) is 9.66. The third kappa shape index (κ3) is 3.34. The van der Waals surface area contributed by atoms with Crippen LogP contribution in [0.25, 0.3) is 0 Å². The van der Waals surface area contributed by atoms with Crippen LogP contribution in [0, 0.1) is 0 Å². The SMILES string of the molecule is C[C@](Cl)(Cc1ccccc1)c1cccc(Br)c1. The first-order valence-electron chi connectivity index (χ1n) is 5.57. The zero-order valence-corrected chi connectivity index (χ0v) is 12.0. The standard InChI is InChI=1S/C15H14BrCl/c1-15(17,11-12-6-3-2-4-7-12)13-8-5-9-14(16)10-13/h2-10H,11H2,1H3/t15-/m0/s1. The molecule has 0 spiro atoms. The molecule has 1 atom stereocenters. The predicted molar refractivity (Wildman–Crippen MR) is 77.5 cm³/mol. The van der Waals surface area contributed by atoms with Crippen LogP contribution < -0.4 is 0 Å². The molecule has 0 aliphatic rings. The molecule has 0 heterocycles. The molecule has 0 fully saturated rings. The van der Waals surface area contributed by atoms with Crippen molar-refractivity contribution in [3.63, 3.8) is 0 Å². The predicted octanol–water partition coefficient (Wildman–Crippen LogP) is 5.15. The molecular weight excluding hydrogens is 296 g/mol. The molecule has 0 aliphatic heterocycles. The Balaban J connectivity index is 2.25. The number of halogens is 2. The van der Waals surface area contributed by atoms with Crippen molar-refractivity contribution in [2.75, 3.05) is 0 Å². The van der Waals surface area contributed by atoms with Gasteiger partial charge in [-0.25, -0.2) is 0 Å². The van der Waals surface area contributed by atoms with Crippen molar-refractivity contribution >= 4 is 27.5 Å². The molecule has 0 nitrogen and oxygen atoms in total. The van der Waals surface area contributed by atoms with Gasteiger partial charge < -0.3 is 0 Å². The van der Waals surface area contributed by atoms with E-state index in [9.17, 15) is 0 Å². The molecule has 0 bridgehead atoms.